The van der Waals surface area contributed by atoms with Crippen LogP contribution < -0.4 is 10.5 Å². The molecule has 0 saturated carbocycles. The van der Waals surface area contributed by atoms with Gasteiger partial charge in [-0.25, -0.2) is 0 Å². The third kappa shape index (κ3) is 3.66. The van der Waals surface area contributed by atoms with Gasteiger partial charge in [-0.15, -0.1) is 0 Å². The lowest BCUT2D eigenvalue weighted by molar-refractivity contribution is 0.405. The molecule has 0 aliphatic carbocycles. The van der Waals surface area contributed by atoms with Gasteiger partial charge in [-0.2, -0.15) is 0 Å². The lowest BCUT2D eigenvalue weighted by atomic mass is 9.91. The smallest absolute Gasteiger partial charge is 0.122 e. The summed E-state index contributed by atoms with van der Waals surface area (Å²) >= 11 is 12.1. The molecule has 2 nitrogen and oxygen atoms in total. The van der Waals surface area contributed by atoms with Crippen molar-refractivity contribution in [3.8, 4) is 5.75 Å². The van der Waals surface area contributed by atoms with Crippen LogP contribution >= 0.6 is 23.2 Å². The Morgan fingerprint density at radius 2 is 1.85 bits per heavy atom. The molecule has 0 radical (unpaired) electrons. The molecule has 0 aromatic heterocycles. The normalized spacial score (nSPS) is 12.2. The van der Waals surface area contributed by atoms with E-state index in [0.29, 0.717) is 11.6 Å². The molecular formula is C16H17Cl2NO. The number of hydrogen-bond acceptors (Lipinski definition) is 2. The van der Waals surface area contributed by atoms with Gasteiger partial charge in [-0.05, 0) is 48.9 Å². The zero-order valence-electron chi connectivity index (χ0n) is 11.3. The van der Waals surface area contributed by atoms with E-state index in [9.17, 15) is 0 Å². The average Bonchev–Trinajstić information content (AvgIpc) is 2.45. The topological polar surface area (TPSA) is 35.2 Å². The van der Waals surface area contributed by atoms with Crippen molar-refractivity contribution >= 4 is 23.2 Å². The fraction of sp³-hybridized carbons (Fsp3) is 0.250. The summed E-state index contributed by atoms with van der Waals surface area (Å²) in [5.41, 5.74) is 8.11. The summed E-state index contributed by atoms with van der Waals surface area (Å²) < 4.78 is 5.40. The maximum Gasteiger partial charge on any atom is 0.122 e. The Hall–Kier alpha value is -1.22. The first-order valence-corrected chi connectivity index (χ1v) is 7.17. The van der Waals surface area contributed by atoms with E-state index in [1.54, 1.807) is 7.11 Å². The summed E-state index contributed by atoms with van der Waals surface area (Å²) in [5, 5.41) is 1.42. The summed E-state index contributed by atoms with van der Waals surface area (Å²) in [6, 6.07) is 13.4. The van der Waals surface area contributed by atoms with Crippen LogP contribution in [0.1, 0.15) is 17.0 Å². The highest BCUT2D eigenvalue weighted by Gasteiger charge is 2.16. The van der Waals surface area contributed by atoms with Gasteiger partial charge in [0.25, 0.3) is 0 Å². The Labute approximate surface area is 129 Å². The Kier molecular flexibility index (Phi) is 5.30. The molecule has 0 bridgehead atoms. The third-order valence-corrected chi connectivity index (χ3v) is 3.76. The van der Waals surface area contributed by atoms with E-state index in [1.807, 2.05) is 42.5 Å². The number of ether oxygens (including phenoxy) is 1. The fourth-order valence-electron chi connectivity index (χ4n) is 2.29. The maximum atomic E-state index is 6.09. The minimum Gasteiger partial charge on any atom is -0.496 e. The highest BCUT2D eigenvalue weighted by Crippen LogP contribution is 2.31. The summed E-state index contributed by atoms with van der Waals surface area (Å²) in [4.78, 5) is 0. The number of methoxy groups -OCH3 is 1. The predicted octanol–water partition coefficient (Wildman–Crippen LogP) is 4.29. The van der Waals surface area contributed by atoms with Gasteiger partial charge in [-0.3, -0.25) is 0 Å². The second-order valence-corrected chi connectivity index (χ2v) is 5.53. The standard InChI is InChI=1S/C16H17Cl2NO/c1-20-16-6-5-14(18)9-15(16)12(10-19)7-11-3-2-4-13(17)8-11/h2-6,8-9,12H,7,10,19H2,1H3. The molecule has 2 rings (SSSR count). The number of benzene rings is 2. The van der Waals surface area contributed by atoms with E-state index in [2.05, 4.69) is 0 Å². The third-order valence-electron chi connectivity index (χ3n) is 3.29. The van der Waals surface area contributed by atoms with Crippen molar-refractivity contribution in [3.05, 3.63) is 63.6 Å². The van der Waals surface area contributed by atoms with Crippen LogP contribution in [-0.4, -0.2) is 13.7 Å². The monoisotopic (exact) mass is 309 g/mol. The van der Waals surface area contributed by atoms with Crippen LogP contribution in [0.2, 0.25) is 10.0 Å². The minimum atomic E-state index is 0.141. The zero-order valence-corrected chi connectivity index (χ0v) is 12.8. The van der Waals surface area contributed by atoms with Crippen LogP contribution in [0.4, 0.5) is 0 Å². The highest BCUT2D eigenvalue weighted by atomic mass is 35.5. The molecule has 2 aromatic rings. The van der Waals surface area contributed by atoms with Gasteiger partial charge in [-0.1, -0.05) is 35.3 Å². The molecule has 0 saturated heterocycles. The van der Waals surface area contributed by atoms with E-state index in [4.69, 9.17) is 33.7 Å². The molecule has 0 aliphatic rings. The SMILES string of the molecule is COc1ccc(Cl)cc1C(CN)Cc1cccc(Cl)c1. The first-order chi connectivity index (χ1) is 9.63. The minimum absolute atomic E-state index is 0.141. The molecule has 106 valence electrons. The largest absolute Gasteiger partial charge is 0.496 e. The van der Waals surface area contributed by atoms with Crippen LogP contribution in [0.15, 0.2) is 42.5 Å². The van der Waals surface area contributed by atoms with Gasteiger partial charge >= 0.3 is 0 Å². The van der Waals surface area contributed by atoms with E-state index >= 15 is 0 Å². The van der Waals surface area contributed by atoms with Gasteiger partial charge in [0, 0.05) is 21.5 Å². The van der Waals surface area contributed by atoms with Crippen molar-refractivity contribution in [1.29, 1.82) is 0 Å². The fourth-order valence-corrected chi connectivity index (χ4v) is 2.69. The van der Waals surface area contributed by atoms with E-state index < -0.39 is 0 Å². The quantitative estimate of drug-likeness (QED) is 0.894. The second-order valence-electron chi connectivity index (χ2n) is 4.65. The lowest BCUT2D eigenvalue weighted by Gasteiger charge is -2.19. The molecular weight excluding hydrogens is 293 g/mol. The van der Waals surface area contributed by atoms with Crippen LogP contribution in [0.5, 0.6) is 5.75 Å². The molecule has 2 N–H and O–H groups in total. The Morgan fingerprint density at radius 1 is 1.10 bits per heavy atom. The van der Waals surface area contributed by atoms with Crippen molar-refractivity contribution in [2.45, 2.75) is 12.3 Å². The number of halogens is 2. The number of nitrogens with two attached hydrogens (primary N) is 1. The highest BCUT2D eigenvalue weighted by molar-refractivity contribution is 6.31. The number of hydrogen-bond donors (Lipinski definition) is 1. The van der Waals surface area contributed by atoms with Crippen LogP contribution in [0.25, 0.3) is 0 Å². The molecule has 0 spiro atoms. The Balaban J connectivity index is 2.30. The van der Waals surface area contributed by atoms with Crippen molar-refractivity contribution in [1.82, 2.24) is 0 Å². The summed E-state index contributed by atoms with van der Waals surface area (Å²) in [5.74, 6) is 0.953. The molecule has 0 amide bonds. The van der Waals surface area contributed by atoms with E-state index in [-0.39, 0.29) is 5.92 Å². The van der Waals surface area contributed by atoms with Gasteiger partial charge in [0.1, 0.15) is 5.75 Å². The second kappa shape index (κ2) is 6.98. The first-order valence-electron chi connectivity index (χ1n) is 6.42. The average molecular weight is 310 g/mol. The summed E-state index contributed by atoms with van der Waals surface area (Å²) in [6.07, 6.45) is 0.799. The van der Waals surface area contributed by atoms with Crippen LogP contribution in [0, 0.1) is 0 Å². The van der Waals surface area contributed by atoms with Crippen molar-refractivity contribution in [2.75, 3.05) is 13.7 Å². The molecule has 1 unspecified atom stereocenters. The predicted molar refractivity (Wildman–Crippen MR) is 85.0 cm³/mol. The van der Waals surface area contributed by atoms with Crippen molar-refractivity contribution in [3.63, 3.8) is 0 Å². The zero-order chi connectivity index (χ0) is 14.5. The molecule has 0 aliphatic heterocycles. The number of rotatable bonds is 5. The van der Waals surface area contributed by atoms with Crippen LogP contribution in [0.3, 0.4) is 0 Å². The molecule has 4 heteroatoms. The van der Waals surface area contributed by atoms with Gasteiger partial charge in [0.2, 0.25) is 0 Å². The molecule has 0 heterocycles. The van der Waals surface area contributed by atoms with Crippen LogP contribution in [-0.2, 0) is 6.42 Å². The lowest BCUT2D eigenvalue weighted by Crippen LogP contribution is -2.16. The molecule has 0 fully saturated rings. The van der Waals surface area contributed by atoms with E-state index in [1.165, 1.54) is 0 Å². The molecule has 2 aromatic carbocycles. The van der Waals surface area contributed by atoms with Gasteiger partial charge in [0.15, 0.2) is 0 Å². The van der Waals surface area contributed by atoms with Crippen molar-refractivity contribution < 1.29 is 4.74 Å². The molecule has 1 atom stereocenters. The summed E-state index contributed by atoms with van der Waals surface area (Å²) in [6.45, 7) is 0.517. The van der Waals surface area contributed by atoms with Crippen molar-refractivity contribution in [2.24, 2.45) is 5.73 Å². The first kappa shape index (κ1) is 15.2. The van der Waals surface area contributed by atoms with Gasteiger partial charge < -0.3 is 10.5 Å². The van der Waals surface area contributed by atoms with E-state index in [0.717, 1.165) is 28.3 Å². The summed E-state index contributed by atoms with van der Waals surface area (Å²) in [7, 11) is 1.65. The Morgan fingerprint density at radius 3 is 2.50 bits per heavy atom. The Bertz CT molecular complexity index is 586. The maximum absolute atomic E-state index is 6.09. The van der Waals surface area contributed by atoms with Gasteiger partial charge in [0.05, 0.1) is 7.11 Å². The molecule has 20 heavy (non-hydrogen) atoms.